The molecule has 0 saturated heterocycles. The van der Waals surface area contributed by atoms with E-state index in [1.807, 2.05) is 42.5 Å². The summed E-state index contributed by atoms with van der Waals surface area (Å²) < 4.78 is 0. The van der Waals surface area contributed by atoms with Gasteiger partial charge in [-0.1, -0.05) is 43.0 Å². The van der Waals surface area contributed by atoms with Gasteiger partial charge in [0.15, 0.2) is 5.82 Å². The molecule has 0 amide bonds. The van der Waals surface area contributed by atoms with Crippen molar-refractivity contribution in [3.05, 3.63) is 66.3 Å². The van der Waals surface area contributed by atoms with Crippen LogP contribution in [0.2, 0.25) is 0 Å². The minimum atomic E-state index is 0.718. The van der Waals surface area contributed by atoms with Crippen molar-refractivity contribution in [1.82, 2.24) is 9.97 Å². The highest BCUT2D eigenvalue weighted by Gasteiger charge is 1.89. The van der Waals surface area contributed by atoms with Crippen LogP contribution in [0.3, 0.4) is 0 Å². The normalized spacial score (nSPS) is 10.5. The van der Waals surface area contributed by atoms with Crippen molar-refractivity contribution in [2.24, 2.45) is 0 Å². The first kappa shape index (κ1) is 10.3. The second kappa shape index (κ2) is 5.03. The van der Waals surface area contributed by atoms with Crippen LogP contribution in [0.5, 0.6) is 0 Å². The summed E-state index contributed by atoms with van der Waals surface area (Å²) >= 11 is 0. The van der Waals surface area contributed by atoms with Gasteiger partial charge >= 0.3 is 0 Å². The lowest BCUT2D eigenvalue weighted by atomic mass is 10.1. The predicted octanol–water partition coefficient (Wildman–Crippen LogP) is 3.29. The van der Waals surface area contributed by atoms with Gasteiger partial charge in [-0.2, -0.15) is 0 Å². The second-order valence-electron chi connectivity index (χ2n) is 3.31. The van der Waals surface area contributed by atoms with Crippen molar-refractivity contribution < 1.29 is 0 Å². The van der Waals surface area contributed by atoms with E-state index in [4.69, 9.17) is 0 Å². The maximum Gasteiger partial charge on any atom is 0.151 e. The Labute approximate surface area is 95.0 Å². The first-order chi connectivity index (χ1) is 7.88. The SMILES string of the molecule is C=Cc1ccc(C=Cc2ncccn2)cc1. The van der Waals surface area contributed by atoms with Crippen LogP contribution in [0, 0.1) is 0 Å². The van der Waals surface area contributed by atoms with Crippen LogP contribution >= 0.6 is 0 Å². The van der Waals surface area contributed by atoms with Gasteiger partial charge in [0.2, 0.25) is 0 Å². The first-order valence-electron chi connectivity index (χ1n) is 5.06. The van der Waals surface area contributed by atoms with Crippen LogP contribution in [0.4, 0.5) is 0 Å². The van der Waals surface area contributed by atoms with Crippen molar-refractivity contribution >= 4 is 18.2 Å². The highest BCUT2D eigenvalue weighted by Crippen LogP contribution is 2.08. The molecule has 0 aliphatic carbocycles. The zero-order chi connectivity index (χ0) is 11.2. The Morgan fingerprint density at radius 3 is 2.12 bits per heavy atom. The third kappa shape index (κ3) is 2.64. The van der Waals surface area contributed by atoms with E-state index in [9.17, 15) is 0 Å². The van der Waals surface area contributed by atoms with Gasteiger partial charge in [-0.3, -0.25) is 0 Å². The Hall–Kier alpha value is -2.22. The highest BCUT2D eigenvalue weighted by molar-refractivity contribution is 5.67. The molecule has 1 aromatic carbocycles. The Morgan fingerprint density at radius 2 is 1.50 bits per heavy atom. The Kier molecular flexibility index (Phi) is 3.24. The minimum absolute atomic E-state index is 0.718. The van der Waals surface area contributed by atoms with Gasteiger partial charge in [-0.05, 0) is 23.3 Å². The summed E-state index contributed by atoms with van der Waals surface area (Å²) in [7, 11) is 0. The molecule has 0 saturated carbocycles. The average molecular weight is 208 g/mol. The number of hydrogen-bond donors (Lipinski definition) is 0. The fourth-order valence-electron chi connectivity index (χ4n) is 1.31. The van der Waals surface area contributed by atoms with Crippen LogP contribution in [0.15, 0.2) is 49.3 Å². The standard InChI is InChI=1S/C14H12N2/c1-2-12-4-6-13(7-5-12)8-9-14-15-10-3-11-16-14/h2-11H,1H2. The minimum Gasteiger partial charge on any atom is -0.237 e. The molecule has 0 fully saturated rings. The molecule has 78 valence electrons. The maximum atomic E-state index is 4.11. The van der Waals surface area contributed by atoms with Crippen molar-refractivity contribution in [3.8, 4) is 0 Å². The second-order valence-corrected chi connectivity index (χ2v) is 3.31. The number of rotatable bonds is 3. The molecular formula is C14H12N2. The van der Waals surface area contributed by atoms with E-state index in [1.165, 1.54) is 0 Å². The Balaban J connectivity index is 2.14. The molecule has 2 aromatic rings. The number of nitrogens with zero attached hydrogens (tertiary/aromatic N) is 2. The van der Waals surface area contributed by atoms with Gasteiger partial charge in [0.1, 0.15) is 0 Å². The first-order valence-corrected chi connectivity index (χ1v) is 5.06. The molecule has 2 heteroatoms. The molecule has 0 unspecified atom stereocenters. The molecule has 0 N–H and O–H groups in total. The number of hydrogen-bond acceptors (Lipinski definition) is 2. The van der Waals surface area contributed by atoms with Crippen molar-refractivity contribution in [2.75, 3.05) is 0 Å². The third-order valence-corrected chi connectivity index (χ3v) is 2.18. The van der Waals surface area contributed by atoms with E-state index in [-0.39, 0.29) is 0 Å². The van der Waals surface area contributed by atoms with Crippen LogP contribution in [0.25, 0.3) is 18.2 Å². The van der Waals surface area contributed by atoms with E-state index in [0.717, 1.165) is 17.0 Å². The van der Waals surface area contributed by atoms with Crippen molar-refractivity contribution in [2.45, 2.75) is 0 Å². The van der Waals surface area contributed by atoms with Gasteiger partial charge in [0, 0.05) is 12.4 Å². The van der Waals surface area contributed by atoms with Gasteiger partial charge in [-0.25, -0.2) is 9.97 Å². The van der Waals surface area contributed by atoms with E-state index in [0.29, 0.717) is 0 Å². The predicted molar refractivity (Wildman–Crippen MR) is 67.5 cm³/mol. The molecule has 0 spiro atoms. The smallest absolute Gasteiger partial charge is 0.151 e. The quantitative estimate of drug-likeness (QED) is 0.773. The Morgan fingerprint density at radius 1 is 0.875 bits per heavy atom. The molecule has 2 rings (SSSR count). The van der Waals surface area contributed by atoms with E-state index in [1.54, 1.807) is 18.5 Å². The van der Waals surface area contributed by atoms with Crippen molar-refractivity contribution in [1.29, 1.82) is 0 Å². The molecule has 0 bridgehead atoms. The number of benzene rings is 1. The topological polar surface area (TPSA) is 25.8 Å². The summed E-state index contributed by atoms with van der Waals surface area (Å²) in [6, 6.07) is 9.93. The third-order valence-electron chi connectivity index (χ3n) is 2.18. The summed E-state index contributed by atoms with van der Waals surface area (Å²) in [4.78, 5) is 8.23. The summed E-state index contributed by atoms with van der Waals surface area (Å²) in [5.74, 6) is 0.718. The Bertz CT molecular complexity index is 484. The lowest BCUT2D eigenvalue weighted by molar-refractivity contribution is 1.14. The van der Waals surface area contributed by atoms with Gasteiger partial charge < -0.3 is 0 Å². The summed E-state index contributed by atoms with van der Waals surface area (Å²) in [5, 5.41) is 0. The lowest BCUT2D eigenvalue weighted by Crippen LogP contribution is -1.82. The van der Waals surface area contributed by atoms with E-state index in [2.05, 4.69) is 16.5 Å². The molecule has 0 radical (unpaired) electrons. The summed E-state index contributed by atoms with van der Waals surface area (Å²) in [5.41, 5.74) is 2.24. The van der Waals surface area contributed by atoms with E-state index >= 15 is 0 Å². The number of aromatic nitrogens is 2. The van der Waals surface area contributed by atoms with Crippen LogP contribution < -0.4 is 0 Å². The lowest BCUT2D eigenvalue weighted by Gasteiger charge is -1.95. The molecule has 0 aliphatic heterocycles. The van der Waals surface area contributed by atoms with Gasteiger partial charge in [0.05, 0.1) is 0 Å². The summed E-state index contributed by atoms with van der Waals surface area (Å²) in [6.45, 7) is 3.72. The largest absolute Gasteiger partial charge is 0.237 e. The molecule has 1 aromatic heterocycles. The fraction of sp³-hybridized carbons (Fsp3) is 0. The average Bonchev–Trinajstić information content (AvgIpc) is 2.38. The molecule has 0 aliphatic rings. The van der Waals surface area contributed by atoms with Crippen molar-refractivity contribution in [3.63, 3.8) is 0 Å². The van der Waals surface area contributed by atoms with Crippen LogP contribution in [-0.4, -0.2) is 9.97 Å². The zero-order valence-electron chi connectivity index (χ0n) is 8.88. The fourth-order valence-corrected chi connectivity index (χ4v) is 1.31. The van der Waals surface area contributed by atoms with Crippen LogP contribution in [0.1, 0.15) is 17.0 Å². The molecular weight excluding hydrogens is 196 g/mol. The molecule has 2 nitrogen and oxygen atoms in total. The maximum absolute atomic E-state index is 4.11. The zero-order valence-corrected chi connectivity index (χ0v) is 8.88. The molecule has 1 heterocycles. The van der Waals surface area contributed by atoms with Crippen LogP contribution in [-0.2, 0) is 0 Å². The van der Waals surface area contributed by atoms with Gasteiger partial charge in [0.25, 0.3) is 0 Å². The summed E-state index contributed by atoms with van der Waals surface area (Å²) in [6.07, 6.45) is 9.17. The van der Waals surface area contributed by atoms with E-state index < -0.39 is 0 Å². The molecule has 16 heavy (non-hydrogen) atoms. The van der Waals surface area contributed by atoms with Gasteiger partial charge in [-0.15, -0.1) is 0 Å². The highest BCUT2D eigenvalue weighted by atomic mass is 14.8. The monoisotopic (exact) mass is 208 g/mol. The molecule has 0 atom stereocenters.